The van der Waals surface area contributed by atoms with Gasteiger partial charge in [0.1, 0.15) is 5.82 Å². The summed E-state index contributed by atoms with van der Waals surface area (Å²) in [7, 11) is 0. The molecule has 1 aromatic carbocycles. The number of unbranched alkanes of at least 4 members (excludes halogenated alkanes) is 2. The lowest BCUT2D eigenvalue weighted by Gasteiger charge is -2.18. The third-order valence-electron chi connectivity index (χ3n) is 3.16. The topological polar surface area (TPSA) is 12.0 Å². The minimum atomic E-state index is -0.0795. The van der Waals surface area contributed by atoms with Crippen LogP contribution in [0.15, 0.2) is 23.1 Å². The van der Waals surface area contributed by atoms with E-state index in [1.165, 1.54) is 12.8 Å². The van der Waals surface area contributed by atoms with Crippen LogP contribution in [0.3, 0.4) is 0 Å². The lowest BCUT2D eigenvalue weighted by atomic mass is 10.1. The Morgan fingerprint density at radius 3 is 2.68 bits per heavy atom. The molecule has 108 valence electrons. The van der Waals surface area contributed by atoms with Crippen LogP contribution in [-0.2, 0) is 0 Å². The smallest absolute Gasteiger partial charge is 0.137 e. The Hall–Kier alpha value is -0.540. The summed E-state index contributed by atoms with van der Waals surface area (Å²) in [6.07, 6.45) is 4.68. The monoisotopic (exact) mass is 283 g/mol. The van der Waals surface area contributed by atoms with Crippen molar-refractivity contribution in [3.63, 3.8) is 0 Å². The number of halogens is 1. The fourth-order valence-corrected chi connectivity index (χ4v) is 3.19. The molecule has 19 heavy (non-hydrogen) atoms. The summed E-state index contributed by atoms with van der Waals surface area (Å²) in [5.74, 6) is 0.923. The zero-order valence-electron chi connectivity index (χ0n) is 12.3. The third kappa shape index (κ3) is 5.53. The number of nitrogens with one attached hydrogen (secondary N) is 1. The van der Waals surface area contributed by atoms with E-state index in [-0.39, 0.29) is 11.9 Å². The van der Waals surface area contributed by atoms with E-state index in [2.05, 4.69) is 26.1 Å². The van der Waals surface area contributed by atoms with Gasteiger partial charge in [0.25, 0.3) is 0 Å². The molecule has 0 fully saturated rings. The molecule has 0 saturated heterocycles. The normalized spacial score (nSPS) is 12.6. The molecular formula is C16H26FNS. The summed E-state index contributed by atoms with van der Waals surface area (Å²) in [6, 6.07) is 5.63. The van der Waals surface area contributed by atoms with Crippen LogP contribution < -0.4 is 5.32 Å². The van der Waals surface area contributed by atoms with Crippen LogP contribution in [0.25, 0.3) is 0 Å². The molecule has 1 rings (SSSR count). The Morgan fingerprint density at radius 1 is 1.21 bits per heavy atom. The highest BCUT2D eigenvalue weighted by molar-refractivity contribution is 7.99. The lowest BCUT2D eigenvalue weighted by molar-refractivity contribution is 0.543. The van der Waals surface area contributed by atoms with E-state index < -0.39 is 0 Å². The molecule has 0 radical (unpaired) electrons. The van der Waals surface area contributed by atoms with Crippen molar-refractivity contribution in [3.05, 3.63) is 29.6 Å². The Kier molecular flexibility index (Phi) is 8.15. The molecule has 0 aliphatic heterocycles. The highest BCUT2D eigenvalue weighted by atomic mass is 32.2. The second-order valence-corrected chi connectivity index (χ2v) is 5.99. The third-order valence-corrected chi connectivity index (χ3v) is 4.37. The largest absolute Gasteiger partial charge is 0.310 e. The van der Waals surface area contributed by atoms with E-state index in [4.69, 9.17) is 0 Å². The van der Waals surface area contributed by atoms with Crippen LogP contribution in [-0.4, -0.2) is 12.3 Å². The number of thioether (sulfide) groups is 1. The summed E-state index contributed by atoms with van der Waals surface area (Å²) >= 11 is 1.66. The fraction of sp³-hybridized carbons (Fsp3) is 0.625. The number of hydrogen-bond donors (Lipinski definition) is 1. The Morgan fingerprint density at radius 2 is 2.00 bits per heavy atom. The molecule has 1 aromatic rings. The van der Waals surface area contributed by atoms with E-state index in [0.29, 0.717) is 0 Å². The van der Waals surface area contributed by atoms with Gasteiger partial charge in [-0.3, -0.25) is 0 Å². The van der Waals surface area contributed by atoms with Gasteiger partial charge in [0.15, 0.2) is 0 Å². The van der Waals surface area contributed by atoms with Crippen molar-refractivity contribution < 1.29 is 4.39 Å². The maximum absolute atomic E-state index is 14.0. The number of hydrogen-bond acceptors (Lipinski definition) is 2. The molecular weight excluding hydrogens is 257 g/mol. The molecule has 1 atom stereocenters. The van der Waals surface area contributed by atoms with Crippen molar-refractivity contribution in [1.82, 2.24) is 5.32 Å². The van der Waals surface area contributed by atoms with Crippen LogP contribution in [0.2, 0.25) is 0 Å². The first-order valence-corrected chi connectivity index (χ1v) is 8.33. The van der Waals surface area contributed by atoms with Crippen molar-refractivity contribution in [3.8, 4) is 0 Å². The van der Waals surface area contributed by atoms with E-state index in [0.717, 1.165) is 35.6 Å². The molecule has 0 bridgehead atoms. The summed E-state index contributed by atoms with van der Waals surface area (Å²) in [5, 5.41) is 3.44. The van der Waals surface area contributed by atoms with Gasteiger partial charge < -0.3 is 5.32 Å². The minimum Gasteiger partial charge on any atom is -0.310 e. The maximum Gasteiger partial charge on any atom is 0.137 e. The lowest BCUT2D eigenvalue weighted by Crippen LogP contribution is -2.20. The van der Waals surface area contributed by atoms with Gasteiger partial charge in [0.05, 0.1) is 0 Å². The van der Waals surface area contributed by atoms with Crippen LogP contribution in [0, 0.1) is 5.82 Å². The molecule has 0 aromatic heterocycles. The second kappa shape index (κ2) is 9.38. The van der Waals surface area contributed by atoms with Gasteiger partial charge in [-0.2, -0.15) is 0 Å². The average molecular weight is 283 g/mol. The second-order valence-electron chi connectivity index (χ2n) is 4.89. The predicted molar refractivity (Wildman–Crippen MR) is 83.4 cm³/mol. The van der Waals surface area contributed by atoms with Crippen molar-refractivity contribution in [1.29, 1.82) is 0 Å². The zero-order chi connectivity index (χ0) is 14.1. The van der Waals surface area contributed by atoms with Crippen LogP contribution in [0.1, 0.15) is 58.1 Å². The molecule has 1 nitrogen and oxygen atoms in total. The predicted octanol–water partition coefficient (Wildman–Crippen LogP) is 5.17. The van der Waals surface area contributed by atoms with E-state index in [1.54, 1.807) is 17.8 Å². The van der Waals surface area contributed by atoms with E-state index >= 15 is 0 Å². The quantitative estimate of drug-likeness (QED) is 0.496. The van der Waals surface area contributed by atoms with Crippen LogP contribution in [0.5, 0.6) is 0 Å². The maximum atomic E-state index is 14.0. The van der Waals surface area contributed by atoms with Crippen molar-refractivity contribution in [2.75, 3.05) is 12.3 Å². The molecule has 3 heteroatoms. The van der Waals surface area contributed by atoms with Gasteiger partial charge in [0.2, 0.25) is 0 Å². The average Bonchev–Trinajstić information content (AvgIpc) is 2.42. The summed E-state index contributed by atoms with van der Waals surface area (Å²) in [5.41, 5.74) is 1.09. The Labute approximate surface area is 121 Å². The molecule has 1 N–H and O–H groups in total. The molecule has 0 heterocycles. The molecule has 1 unspecified atom stereocenters. The minimum absolute atomic E-state index is 0.0795. The van der Waals surface area contributed by atoms with Crippen molar-refractivity contribution in [2.45, 2.75) is 57.4 Å². The van der Waals surface area contributed by atoms with Gasteiger partial charge in [-0.1, -0.05) is 38.8 Å². The fourth-order valence-electron chi connectivity index (χ4n) is 2.02. The summed E-state index contributed by atoms with van der Waals surface area (Å²) in [6.45, 7) is 7.42. The molecule has 0 aliphatic carbocycles. The summed E-state index contributed by atoms with van der Waals surface area (Å²) < 4.78 is 14.0. The Bertz CT molecular complexity index is 368. The van der Waals surface area contributed by atoms with Gasteiger partial charge >= 0.3 is 0 Å². The standard InChI is InChI=1S/C16H26FNS/c1-4-6-7-12-19-16-14(9-8-10-15(16)17)13(3)18-11-5-2/h8-10,13,18H,4-7,11-12H2,1-3H3. The highest BCUT2D eigenvalue weighted by Gasteiger charge is 2.13. The van der Waals surface area contributed by atoms with Crippen molar-refractivity contribution >= 4 is 11.8 Å². The number of rotatable bonds is 9. The SMILES string of the molecule is CCCCCSc1c(F)cccc1C(C)NCCC. The van der Waals surface area contributed by atoms with Gasteiger partial charge in [-0.15, -0.1) is 11.8 Å². The zero-order valence-corrected chi connectivity index (χ0v) is 13.2. The first-order valence-electron chi connectivity index (χ1n) is 7.35. The van der Waals surface area contributed by atoms with Gasteiger partial charge in [0, 0.05) is 10.9 Å². The van der Waals surface area contributed by atoms with E-state index in [9.17, 15) is 4.39 Å². The molecule has 0 saturated carbocycles. The van der Waals surface area contributed by atoms with E-state index in [1.807, 2.05) is 12.1 Å². The number of benzene rings is 1. The molecule has 0 amide bonds. The first kappa shape index (κ1) is 16.5. The first-order chi connectivity index (χ1) is 9.20. The molecule has 0 spiro atoms. The van der Waals surface area contributed by atoms with Gasteiger partial charge in [-0.25, -0.2) is 4.39 Å². The Balaban J connectivity index is 2.71. The molecule has 0 aliphatic rings. The van der Waals surface area contributed by atoms with Crippen molar-refractivity contribution in [2.24, 2.45) is 0 Å². The van der Waals surface area contributed by atoms with Crippen LogP contribution in [0.4, 0.5) is 4.39 Å². The highest BCUT2D eigenvalue weighted by Crippen LogP contribution is 2.30. The van der Waals surface area contributed by atoms with Crippen LogP contribution >= 0.6 is 11.8 Å². The summed E-state index contributed by atoms with van der Waals surface area (Å²) in [4.78, 5) is 0.828. The van der Waals surface area contributed by atoms with Gasteiger partial charge in [-0.05, 0) is 43.7 Å².